The Balaban J connectivity index is 0.000000147. The van der Waals surface area contributed by atoms with Crippen LogP contribution in [0, 0.1) is 62.3 Å². The monoisotopic (exact) mass is 1740 g/mol. The molecule has 15 rings (SSSR count). The molecule has 0 aliphatic rings. The normalized spacial score (nSPS) is 12.4. The van der Waals surface area contributed by atoms with E-state index in [4.69, 9.17) is 23.7 Å². The number of benzene rings is 5. The lowest BCUT2D eigenvalue weighted by atomic mass is 10.1. The van der Waals surface area contributed by atoms with Crippen molar-refractivity contribution in [2.45, 2.75) is 142 Å². The van der Waals surface area contributed by atoms with E-state index in [1.807, 2.05) is 158 Å². The summed E-state index contributed by atoms with van der Waals surface area (Å²) in [7, 11) is -2.09. The van der Waals surface area contributed by atoms with Gasteiger partial charge in [0.2, 0.25) is 0 Å². The predicted molar refractivity (Wildman–Crippen MR) is 456 cm³/mol. The molecule has 25 nitrogen and oxygen atoms in total. The molecule has 0 radical (unpaired) electrons. The highest BCUT2D eigenvalue weighted by Gasteiger charge is 2.29. The van der Waals surface area contributed by atoms with Crippen LogP contribution < -0.4 is 18.9 Å². The zero-order valence-corrected chi connectivity index (χ0v) is 71.7. The maximum atomic E-state index is 12.7. The lowest BCUT2D eigenvalue weighted by Crippen LogP contribution is -2.19. The van der Waals surface area contributed by atoms with E-state index in [0.717, 1.165) is 136 Å². The molecule has 0 fully saturated rings. The molecule has 0 bridgehead atoms. The van der Waals surface area contributed by atoms with Crippen molar-refractivity contribution >= 4 is 110 Å². The number of methoxy groups -OCH3 is 2. The zero-order chi connectivity index (χ0) is 85.6. The van der Waals surface area contributed by atoms with Crippen molar-refractivity contribution in [1.82, 2.24) is 74.8 Å². The molecule has 0 spiro atoms. The molecule has 630 valence electrons. The largest absolute Gasteiger partial charge is 0.493 e. The quantitative estimate of drug-likeness (QED) is 0.0165. The number of H-pyrrole nitrogens is 5. The fourth-order valence-electron chi connectivity index (χ4n) is 11.8. The second-order valence-electron chi connectivity index (χ2n) is 27.4. The molecule has 120 heavy (non-hydrogen) atoms. The first-order valence-electron chi connectivity index (χ1n) is 37.7. The van der Waals surface area contributed by atoms with Gasteiger partial charge >= 0.3 is 12.8 Å². The summed E-state index contributed by atoms with van der Waals surface area (Å²) in [5.41, 5.74) is 20.9. The minimum Gasteiger partial charge on any atom is -0.493 e. The number of imidazole rings is 5. The number of nitrogens with one attached hydrogen (secondary N) is 5. The van der Waals surface area contributed by atoms with Crippen LogP contribution >= 0.6 is 11.8 Å². The lowest BCUT2D eigenvalue weighted by Gasteiger charge is -2.13. The highest BCUT2D eigenvalue weighted by atomic mass is 32.2. The number of hydrogen-bond acceptors (Lipinski definition) is 21. The number of aryl methyl sites for hydroxylation is 3. The van der Waals surface area contributed by atoms with Crippen LogP contribution in [0.25, 0.3) is 55.2 Å². The van der Waals surface area contributed by atoms with E-state index in [0.29, 0.717) is 81.2 Å². The predicted octanol–water partition coefficient (Wildman–Crippen LogP) is 17.5. The van der Waals surface area contributed by atoms with Crippen molar-refractivity contribution in [2.75, 3.05) is 47.3 Å². The highest BCUT2D eigenvalue weighted by molar-refractivity contribution is 7.98. The van der Waals surface area contributed by atoms with Gasteiger partial charge in [-0.2, -0.15) is 22.0 Å². The van der Waals surface area contributed by atoms with Gasteiger partial charge in [-0.25, -0.2) is 24.9 Å². The molecular formula is C85H90F5N15O10S5. The van der Waals surface area contributed by atoms with Gasteiger partial charge in [-0.3, -0.25) is 41.8 Å². The molecular weight excluding hydrogens is 1650 g/mol. The first-order chi connectivity index (χ1) is 57.7. The van der Waals surface area contributed by atoms with Crippen LogP contribution in [0.15, 0.2) is 190 Å². The summed E-state index contributed by atoms with van der Waals surface area (Å²) >= 11 is 1.65. The molecule has 10 aromatic heterocycles. The zero-order valence-electron chi connectivity index (χ0n) is 67.6. The average molecular weight is 1740 g/mol. The Morgan fingerprint density at radius 3 is 1.27 bits per heavy atom. The van der Waals surface area contributed by atoms with E-state index >= 15 is 0 Å². The summed E-state index contributed by atoms with van der Waals surface area (Å²) in [6, 6.07) is 40.3. The maximum Gasteiger partial charge on any atom is 0.422 e. The average Bonchev–Trinajstić information content (AvgIpc) is 1.66. The van der Waals surface area contributed by atoms with Crippen LogP contribution in [0.4, 0.5) is 22.0 Å². The third kappa shape index (κ3) is 24.8. The number of ether oxygens (including phenoxy) is 6. The van der Waals surface area contributed by atoms with Crippen LogP contribution in [-0.2, 0) is 81.4 Å². The number of aromatic amines is 5. The van der Waals surface area contributed by atoms with Gasteiger partial charge in [0.15, 0.2) is 32.4 Å². The van der Waals surface area contributed by atoms with Gasteiger partial charge < -0.3 is 53.3 Å². The second kappa shape index (κ2) is 42.7. The third-order valence-corrected chi connectivity index (χ3v) is 24.4. The maximum absolute atomic E-state index is 12.7. The van der Waals surface area contributed by atoms with E-state index in [9.17, 15) is 38.8 Å². The van der Waals surface area contributed by atoms with E-state index in [1.165, 1.54) is 30.0 Å². The number of halogens is 5. The van der Waals surface area contributed by atoms with Gasteiger partial charge in [-0.05, 0) is 181 Å². The topological polar surface area (TPSA) is 332 Å². The molecule has 10 heterocycles. The van der Waals surface area contributed by atoms with Crippen LogP contribution in [0.2, 0.25) is 0 Å². The standard InChI is InChI=1S/C18H21N3O3S.C18H21N3O2S.C17H19N3OS.C16H14F3N3O2S.C16H15F2N3O2S/c1-13-16(19-9-8-17(13)24-11-5-10-23-2)12-25(22)18-20-14-6-3-4-7-15(14)21-18;1-13-16(19-9-8-17(13)23-11-5-10-22-2)12-24-18-20-14-6-3-4-7-15(14)21-18;1-10-5-6-14-15(7-10)20-17(19-14)22(21)9-16-13(4)12(3)11(2)8-18-16;1-10-13(20-7-6-14(10)24-9-16(17,18)19)8-25(23)15-21-11-4-2-3-5-12(11)22-15;1-9-5-6-19-14(10(9)2)8-24(22)16-20-12-4-3-11(23-15(17)18)7-13(12)21-16/h3-4,6-9H,5,10-12H2,1-2H3,(H,20,21);3-4,6-9H,5,10-12H2,1-2H3,(H,20,21);5-8H,9H2,1-4H3,(H,19,20);2-7H,8-9H2,1H3,(H,21,22);3-7,15H,8H2,1-2H3,(H,20,21). The Morgan fingerprint density at radius 2 is 0.800 bits per heavy atom. The Hall–Kier alpha value is -11.1. The van der Waals surface area contributed by atoms with Crippen molar-refractivity contribution in [2.24, 2.45) is 0 Å². The number of rotatable bonds is 29. The summed E-state index contributed by atoms with van der Waals surface area (Å²) in [5.74, 6) is 3.43. The molecule has 0 aliphatic heterocycles. The number of aromatic nitrogens is 15. The summed E-state index contributed by atoms with van der Waals surface area (Å²) in [6.45, 7) is 15.9. The first kappa shape index (κ1) is 89.7. The van der Waals surface area contributed by atoms with Gasteiger partial charge in [0.25, 0.3) is 0 Å². The van der Waals surface area contributed by atoms with Crippen molar-refractivity contribution in [3.8, 4) is 23.0 Å². The van der Waals surface area contributed by atoms with Crippen molar-refractivity contribution in [1.29, 1.82) is 0 Å². The fraction of sp³-hybridized carbons (Fsp3) is 0.294. The molecule has 0 amide bonds. The van der Waals surface area contributed by atoms with E-state index in [2.05, 4.69) is 86.4 Å². The minimum atomic E-state index is -4.42. The number of thioether (sulfide) groups is 1. The number of para-hydroxylation sites is 6. The van der Waals surface area contributed by atoms with Crippen LogP contribution in [0.3, 0.4) is 0 Å². The summed E-state index contributed by atoms with van der Waals surface area (Å²) < 4.78 is 143. The van der Waals surface area contributed by atoms with Crippen LogP contribution in [0.1, 0.15) is 91.4 Å². The molecule has 0 saturated heterocycles. The van der Waals surface area contributed by atoms with Gasteiger partial charge in [0, 0.05) is 99.8 Å². The van der Waals surface area contributed by atoms with Crippen LogP contribution in [-0.4, -0.2) is 152 Å². The number of pyridine rings is 5. The van der Waals surface area contributed by atoms with Gasteiger partial charge in [0.1, 0.15) is 23.0 Å². The Kier molecular flexibility index (Phi) is 31.9. The number of alkyl halides is 5. The summed E-state index contributed by atoms with van der Waals surface area (Å²) in [4.78, 5) is 59.1. The smallest absolute Gasteiger partial charge is 0.422 e. The van der Waals surface area contributed by atoms with E-state index < -0.39 is 62.6 Å². The van der Waals surface area contributed by atoms with Gasteiger partial charge in [-0.15, -0.1) is 0 Å². The van der Waals surface area contributed by atoms with Crippen LogP contribution in [0.5, 0.6) is 23.0 Å². The van der Waals surface area contributed by atoms with Gasteiger partial charge in [-0.1, -0.05) is 54.2 Å². The molecule has 15 aromatic rings. The lowest BCUT2D eigenvalue weighted by molar-refractivity contribution is -0.153. The number of fused-ring (bicyclic) bond motifs is 5. The van der Waals surface area contributed by atoms with E-state index in [-0.39, 0.29) is 28.2 Å². The Bertz CT molecular complexity index is 6000. The Morgan fingerprint density at radius 1 is 0.400 bits per heavy atom. The molecule has 4 unspecified atom stereocenters. The third-order valence-electron chi connectivity index (χ3n) is 18.9. The fourth-order valence-corrected chi connectivity index (χ4v) is 17.1. The number of hydrogen-bond donors (Lipinski definition) is 5. The molecule has 0 saturated carbocycles. The minimum absolute atomic E-state index is 0.0227. The van der Waals surface area contributed by atoms with Crippen molar-refractivity contribution < 1.29 is 67.2 Å². The van der Waals surface area contributed by atoms with Crippen molar-refractivity contribution in [3.05, 3.63) is 243 Å². The SMILES string of the molecule is COCCCOc1ccnc(CS(=O)c2nc3ccccc3[nH]2)c1C.COCCCOc1ccnc(CSc2nc3ccccc3[nH]2)c1C.Cc1c(OCC(F)(F)F)ccnc1CS(=O)c1nc2ccccc2[nH]1.Cc1ccc2nc(S(=O)Cc3ncc(C)c(C)c3C)[nH]c2c1.Cc1ccnc(CS(=O)c2nc3ccc(OC(F)F)cc3[nH]2)c1C. The summed E-state index contributed by atoms with van der Waals surface area (Å²) in [6.07, 6.45) is 5.62. The molecule has 5 N–H and O–H groups in total. The summed E-state index contributed by atoms with van der Waals surface area (Å²) in [5, 5.41) is 2.46. The van der Waals surface area contributed by atoms with Gasteiger partial charge in [0.05, 0.1) is 163 Å². The molecule has 5 aromatic carbocycles. The first-order valence-corrected chi connectivity index (χ1v) is 44.0. The second-order valence-corrected chi connectivity index (χ2v) is 33.8. The molecule has 4 atom stereocenters. The highest BCUT2D eigenvalue weighted by Crippen LogP contribution is 2.31. The molecule has 35 heteroatoms. The Labute approximate surface area is 703 Å². The molecule has 0 aliphatic carbocycles. The van der Waals surface area contributed by atoms with E-state index in [1.54, 1.807) is 63.6 Å². The number of nitrogens with zero attached hydrogens (tertiary/aromatic N) is 10. The van der Waals surface area contributed by atoms with Crippen molar-refractivity contribution in [3.63, 3.8) is 0 Å².